The van der Waals surface area contributed by atoms with Gasteiger partial charge in [0.15, 0.2) is 0 Å². The summed E-state index contributed by atoms with van der Waals surface area (Å²) in [5, 5.41) is 6.45. The summed E-state index contributed by atoms with van der Waals surface area (Å²) in [5.74, 6) is 0.744. The van der Waals surface area contributed by atoms with Gasteiger partial charge >= 0.3 is 0 Å². The Morgan fingerprint density at radius 3 is 2.91 bits per heavy atom. The van der Waals surface area contributed by atoms with E-state index in [4.69, 9.17) is 11.6 Å². The van der Waals surface area contributed by atoms with Gasteiger partial charge in [0, 0.05) is 32.0 Å². The molecule has 1 fully saturated rings. The van der Waals surface area contributed by atoms with Gasteiger partial charge < -0.3 is 9.47 Å². The lowest BCUT2D eigenvalue weighted by molar-refractivity contribution is 0.363. The number of rotatable bonds is 5. The Morgan fingerprint density at radius 2 is 2.18 bits per heavy atom. The van der Waals surface area contributed by atoms with E-state index in [9.17, 15) is 4.79 Å². The third kappa shape index (κ3) is 3.50. The molecule has 2 aromatic rings. The van der Waals surface area contributed by atoms with Crippen molar-refractivity contribution >= 4 is 17.3 Å². The fourth-order valence-corrected chi connectivity index (χ4v) is 3.25. The van der Waals surface area contributed by atoms with Crippen LogP contribution in [0, 0.1) is 5.92 Å². The van der Waals surface area contributed by atoms with E-state index in [2.05, 4.69) is 24.6 Å². The number of imidazole rings is 1. The van der Waals surface area contributed by atoms with Crippen LogP contribution in [-0.2, 0) is 6.54 Å². The third-order valence-electron chi connectivity index (χ3n) is 4.32. The van der Waals surface area contributed by atoms with Gasteiger partial charge in [0.05, 0.1) is 18.2 Å². The van der Waals surface area contributed by atoms with E-state index in [1.165, 1.54) is 12.8 Å². The molecule has 3 rings (SSSR count). The quantitative estimate of drug-likeness (QED) is 0.917. The SMILES string of the molecule is O=c1[nH]ncc(N2CCC(CCCn3ccnc3)CC2)c1Cl. The molecule has 3 heterocycles. The summed E-state index contributed by atoms with van der Waals surface area (Å²) < 4.78 is 2.12. The molecule has 7 heteroatoms. The van der Waals surface area contributed by atoms with Crippen LogP contribution in [0.3, 0.4) is 0 Å². The smallest absolute Gasteiger partial charge is 0.285 e. The van der Waals surface area contributed by atoms with E-state index in [0.717, 1.165) is 44.1 Å². The minimum atomic E-state index is -0.318. The number of piperidine rings is 1. The Morgan fingerprint density at radius 1 is 1.36 bits per heavy atom. The van der Waals surface area contributed by atoms with Gasteiger partial charge in [-0.25, -0.2) is 10.1 Å². The second-order valence-electron chi connectivity index (χ2n) is 5.77. The molecule has 0 atom stereocenters. The predicted molar refractivity (Wildman–Crippen MR) is 86.3 cm³/mol. The molecule has 0 aliphatic carbocycles. The number of anilines is 1. The van der Waals surface area contributed by atoms with Crippen LogP contribution in [-0.4, -0.2) is 32.8 Å². The number of hydrogen-bond acceptors (Lipinski definition) is 4. The van der Waals surface area contributed by atoms with E-state index >= 15 is 0 Å². The Bertz CT molecular complexity index is 646. The number of nitrogens with one attached hydrogen (secondary N) is 1. The molecule has 0 aromatic carbocycles. The monoisotopic (exact) mass is 321 g/mol. The van der Waals surface area contributed by atoms with Crippen molar-refractivity contribution in [1.29, 1.82) is 0 Å². The van der Waals surface area contributed by atoms with Crippen LogP contribution in [0.1, 0.15) is 25.7 Å². The van der Waals surface area contributed by atoms with Gasteiger partial charge in [-0.05, 0) is 31.6 Å². The minimum Gasteiger partial charge on any atom is -0.369 e. The number of hydrogen-bond donors (Lipinski definition) is 1. The molecular formula is C15H20ClN5O. The zero-order valence-electron chi connectivity index (χ0n) is 12.4. The predicted octanol–water partition coefficient (Wildman–Crippen LogP) is 2.32. The standard InChI is InChI=1S/C15H20ClN5O/c16-14-13(10-18-19-15(14)22)21-7-3-12(4-8-21)2-1-6-20-9-5-17-11-20/h5,9-12H,1-4,6-8H2,(H,19,22). The number of aromatic amines is 1. The fraction of sp³-hybridized carbons (Fsp3) is 0.533. The lowest BCUT2D eigenvalue weighted by atomic mass is 9.92. The molecule has 0 unspecified atom stereocenters. The zero-order valence-corrected chi connectivity index (χ0v) is 13.2. The first-order chi connectivity index (χ1) is 10.7. The molecule has 6 nitrogen and oxygen atoms in total. The Balaban J connectivity index is 1.48. The Labute approximate surface area is 134 Å². The summed E-state index contributed by atoms with van der Waals surface area (Å²) in [6.07, 6.45) is 12.0. The summed E-state index contributed by atoms with van der Waals surface area (Å²) in [6, 6.07) is 0. The molecule has 118 valence electrons. The molecular weight excluding hydrogens is 302 g/mol. The van der Waals surface area contributed by atoms with Crippen LogP contribution in [0.4, 0.5) is 5.69 Å². The summed E-state index contributed by atoms with van der Waals surface area (Å²) in [6.45, 7) is 2.89. The van der Waals surface area contributed by atoms with Crippen LogP contribution >= 0.6 is 11.6 Å². The van der Waals surface area contributed by atoms with Crippen LogP contribution in [0.2, 0.25) is 5.02 Å². The lowest BCUT2D eigenvalue weighted by Gasteiger charge is -2.33. The van der Waals surface area contributed by atoms with E-state index in [0.29, 0.717) is 0 Å². The second-order valence-corrected chi connectivity index (χ2v) is 6.15. The molecule has 1 saturated heterocycles. The van der Waals surface area contributed by atoms with E-state index in [1.54, 1.807) is 6.20 Å². The van der Waals surface area contributed by atoms with Crippen molar-refractivity contribution in [1.82, 2.24) is 19.7 Å². The van der Waals surface area contributed by atoms with Crippen molar-refractivity contribution in [2.24, 2.45) is 5.92 Å². The van der Waals surface area contributed by atoms with Gasteiger partial charge in [-0.2, -0.15) is 5.10 Å². The van der Waals surface area contributed by atoms with E-state index in [-0.39, 0.29) is 10.6 Å². The van der Waals surface area contributed by atoms with Gasteiger partial charge in [0.2, 0.25) is 0 Å². The lowest BCUT2D eigenvalue weighted by Crippen LogP contribution is -2.35. The van der Waals surface area contributed by atoms with Crippen molar-refractivity contribution in [3.05, 3.63) is 40.3 Å². The van der Waals surface area contributed by atoms with Crippen LogP contribution < -0.4 is 10.5 Å². The highest BCUT2D eigenvalue weighted by atomic mass is 35.5. The third-order valence-corrected chi connectivity index (χ3v) is 4.69. The number of halogens is 1. The molecule has 22 heavy (non-hydrogen) atoms. The molecule has 1 N–H and O–H groups in total. The van der Waals surface area contributed by atoms with Crippen molar-refractivity contribution in [2.45, 2.75) is 32.2 Å². The summed E-state index contributed by atoms with van der Waals surface area (Å²) >= 11 is 6.07. The first-order valence-electron chi connectivity index (χ1n) is 7.68. The van der Waals surface area contributed by atoms with Gasteiger partial charge in [-0.1, -0.05) is 11.6 Å². The zero-order chi connectivity index (χ0) is 15.4. The minimum absolute atomic E-state index is 0.244. The number of nitrogens with zero attached hydrogens (tertiary/aromatic N) is 4. The Kier molecular flexibility index (Phi) is 4.77. The maximum atomic E-state index is 11.5. The number of H-pyrrole nitrogens is 1. The normalized spacial score (nSPS) is 16.1. The van der Waals surface area contributed by atoms with Crippen LogP contribution in [0.15, 0.2) is 29.7 Å². The molecule has 1 aliphatic heterocycles. The number of aromatic nitrogens is 4. The van der Waals surface area contributed by atoms with Crippen molar-refractivity contribution in [3.8, 4) is 0 Å². The van der Waals surface area contributed by atoms with Gasteiger partial charge in [0.1, 0.15) is 5.02 Å². The van der Waals surface area contributed by atoms with Crippen molar-refractivity contribution < 1.29 is 0 Å². The maximum Gasteiger partial charge on any atom is 0.285 e. The van der Waals surface area contributed by atoms with Crippen LogP contribution in [0.25, 0.3) is 0 Å². The molecule has 0 radical (unpaired) electrons. The molecule has 2 aromatic heterocycles. The van der Waals surface area contributed by atoms with Gasteiger partial charge in [-0.3, -0.25) is 4.79 Å². The molecule has 0 saturated carbocycles. The summed E-state index contributed by atoms with van der Waals surface area (Å²) in [7, 11) is 0. The summed E-state index contributed by atoms with van der Waals surface area (Å²) in [5.41, 5.74) is 0.434. The first-order valence-corrected chi connectivity index (χ1v) is 8.05. The average molecular weight is 322 g/mol. The average Bonchev–Trinajstić information content (AvgIpc) is 3.04. The number of aryl methyl sites for hydroxylation is 1. The second kappa shape index (κ2) is 6.96. The highest BCUT2D eigenvalue weighted by Gasteiger charge is 2.21. The van der Waals surface area contributed by atoms with Gasteiger partial charge in [-0.15, -0.1) is 0 Å². The van der Waals surface area contributed by atoms with E-state index < -0.39 is 0 Å². The molecule has 0 amide bonds. The highest BCUT2D eigenvalue weighted by molar-refractivity contribution is 6.32. The largest absolute Gasteiger partial charge is 0.369 e. The molecule has 1 aliphatic rings. The fourth-order valence-electron chi connectivity index (χ4n) is 3.04. The van der Waals surface area contributed by atoms with Crippen molar-refractivity contribution in [3.63, 3.8) is 0 Å². The van der Waals surface area contributed by atoms with E-state index in [1.807, 2.05) is 18.7 Å². The Hall–Kier alpha value is -1.82. The van der Waals surface area contributed by atoms with Crippen molar-refractivity contribution in [2.75, 3.05) is 18.0 Å². The maximum absolute atomic E-state index is 11.5. The topological polar surface area (TPSA) is 66.8 Å². The summed E-state index contributed by atoms with van der Waals surface area (Å²) in [4.78, 5) is 17.7. The van der Waals surface area contributed by atoms with Gasteiger partial charge in [0.25, 0.3) is 5.56 Å². The van der Waals surface area contributed by atoms with Crippen LogP contribution in [0.5, 0.6) is 0 Å². The molecule has 0 bridgehead atoms. The first kappa shape index (κ1) is 15.1. The highest BCUT2D eigenvalue weighted by Crippen LogP contribution is 2.28. The molecule has 0 spiro atoms.